The maximum absolute atomic E-state index is 16.4. The fraction of sp³-hybridized carbons (Fsp3) is 0.276. The number of carbonyl (C=O) groups excluding carboxylic acids is 2. The standard InChI is InChI=1S/C29H26ClF2N7O3/c1-29(19-4-3-5-20(30)24(19)31)14-39(22-7-6-16(13-40)8-34-22)27(41)18-9-35-26(25(32)23(18)29)36-17-11-38(12-17)28(42)21-10-33-15-37(21)2/h3-10,15,17,40H,11-14H2,1-2H3,(H,35,36)/t29-/m1/s1. The summed E-state index contributed by atoms with van der Waals surface area (Å²) in [5.41, 5.74) is -0.354. The first-order chi connectivity index (χ1) is 20.1. The molecule has 216 valence electrons. The van der Waals surface area contributed by atoms with Crippen LogP contribution in [-0.4, -0.2) is 67.0 Å². The highest BCUT2D eigenvalue weighted by Gasteiger charge is 2.47. The molecule has 3 aromatic heterocycles. The second-order valence-corrected chi connectivity index (χ2v) is 11.1. The average Bonchev–Trinajstić information content (AvgIpc) is 3.40. The monoisotopic (exact) mass is 593 g/mol. The highest BCUT2D eigenvalue weighted by molar-refractivity contribution is 6.30. The van der Waals surface area contributed by atoms with Crippen LogP contribution in [0.2, 0.25) is 5.02 Å². The van der Waals surface area contributed by atoms with E-state index >= 15 is 8.78 Å². The van der Waals surface area contributed by atoms with Crippen molar-refractivity contribution in [2.45, 2.75) is 25.0 Å². The zero-order valence-corrected chi connectivity index (χ0v) is 23.4. The number of amides is 2. The predicted molar refractivity (Wildman–Crippen MR) is 150 cm³/mol. The number of nitrogens with zero attached hydrogens (tertiary/aromatic N) is 6. The van der Waals surface area contributed by atoms with Crippen molar-refractivity contribution in [1.82, 2.24) is 24.4 Å². The van der Waals surface area contributed by atoms with Gasteiger partial charge in [-0.15, -0.1) is 0 Å². The van der Waals surface area contributed by atoms with Gasteiger partial charge >= 0.3 is 0 Å². The SMILES string of the molecule is Cn1cncc1C(=O)N1CC(Nc2ncc3c(c2F)[C@@](C)(c2cccc(Cl)c2F)CN(c2ccc(CO)cn2)C3=O)C1. The predicted octanol–water partition coefficient (Wildman–Crippen LogP) is 3.54. The van der Waals surface area contributed by atoms with Crippen molar-refractivity contribution in [2.75, 3.05) is 29.9 Å². The molecule has 6 rings (SSSR count). The van der Waals surface area contributed by atoms with Crippen LogP contribution in [0.4, 0.5) is 20.4 Å². The molecule has 2 aliphatic heterocycles. The van der Waals surface area contributed by atoms with E-state index in [4.69, 9.17) is 11.6 Å². The van der Waals surface area contributed by atoms with Gasteiger partial charge in [-0.3, -0.25) is 14.5 Å². The maximum atomic E-state index is 16.4. The molecule has 0 saturated carbocycles. The quantitative estimate of drug-likeness (QED) is 0.351. The Labute approximate surface area is 244 Å². The number of fused-ring (bicyclic) bond motifs is 1. The van der Waals surface area contributed by atoms with Crippen molar-refractivity contribution >= 4 is 35.1 Å². The summed E-state index contributed by atoms with van der Waals surface area (Å²) >= 11 is 6.14. The van der Waals surface area contributed by atoms with Crippen LogP contribution in [0.1, 0.15) is 44.5 Å². The van der Waals surface area contributed by atoms with Gasteiger partial charge < -0.3 is 19.9 Å². The van der Waals surface area contributed by atoms with Crippen molar-refractivity contribution in [3.8, 4) is 0 Å². The van der Waals surface area contributed by atoms with E-state index in [0.717, 1.165) is 0 Å². The minimum Gasteiger partial charge on any atom is -0.392 e. The third-order valence-electron chi connectivity index (χ3n) is 7.88. The topological polar surface area (TPSA) is 116 Å². The van der Waals surface area contributed by atoms with E-state index in [1.807, 2.05) is 0 Å². The van der Waals surface area contributed by atoms with Crippen molar-refractivity contribution < 1.29 is 23.5 Å². The summed E-state index contributed by atoms with van der Waals surface area (Å²) in [4.78, 5) is 41.9. The van der Waals surface area contributed by atoms with Gasteiger partial charge in [-0.25, -0.2) is 23.7 Å². The molecule has 0 aliphatic carbocycles. The first-order valence-corrected chi connectivity index (χ1v) is 13.5. The normalized spacial score (nSPS) is 18.6. The van der Waals surface area contributed by atoms with Crippen LogP contribution in [-0.2, 0) is 19.1 Å². The number of imidazole rings is 1. The number of hydrogen-bond donors (Lipinski definition) is 2. The molecule has 2 N–H and O–H groups in total. The molecule has 0 unspecified atom stereocenters. The average molecular weight is 594 g/mol. The third-order valence-corrected chi connectivity index (χ3v) is 8.17. The molecule has 1 atom stereocenters. The Hall–Kier alpha value is -4.42. The Morgan fingerprint density at radius 3 is 2.60 bits per heavy atom. The van der Waals surface area contributed by atoms with Crippen LogP contribution in [0.15, 0.2) is 55.2 Å². The van der Waals surface area contributed by atoms with Gasteiger partial charge in [0.05, 0.1) is 35.8 Å². The molecule has 2 amide bonds. The van der Waals surface area contributed by atoms with Crippen molar-refractivity contribution in [2.24, 2.45) is 7.05 Å². The Morgan fingerprint density at radius 2 is 1.93 bits per heavy atom. The third kappa shape index (κ3) is 4.47. The molecule has 13 heteroatoms. The molecular formula is C29H26ClF2N7O3. The Kier molecular flexibility index (Phi) is 6.90. The molecular weight excluding hydrogens is 568 g/mol. The molecule has 42 heavy (non-hydrogen) atoms. The summed E-state index contributed by atoms with van der Waals surface area (Å²) in [5.74, 6) is -2.11. The number of halogens is 3. The van der Waals surface area contributed by atoms with Gasteiger partial charge in [0.2, 0.25) is 0 Å². The summed E-state index contributed by atoms with van der Waals surface area (Å²) < 4.78 is 33.6. The van der Waals surface area contributed by atoms with E-state index in [1.165, 1.54) is 42.0 Å². The van der Waals surface area contributed by atoms with Gasteiger partial charge in [-0.05, 0) is 24.6 Å². The van der Waals surface area contributed by atoms with Gasteiger partial charge in [0, 0.05) is 55.6 Å². The molecule has 0 bridgehead atoms. The fourth-order valence-electron chi connectivity index (χ4n) is 5.56. The smallest absolute Gasteiger partial charge is 0.272 e. The molecule has 2 aliphatic rings. The van der Waals surface area contributed by atoms with Gasteiger partial charge in [0.15, 0.2) is 11.6 Å². The van der Waals surface area contributed by atoms with Gasteiger partial charge in [0.1, 0.15) is 17.3 Å². The zero-order chi connectivity index (χ0) is 29.8. The summed E-state index contributed by atoms with van der Waals surface area (Å²) in [6, 6.07) is 7.38. The van der Waals surface area contributed by atoms with Gasteiger partial charge in [0.25, 0.3) is 11.8 Å². The van der Waals surface area contributed by atoms with Crippen LogP contribution >= 0.6 is 11.6 Å². The molecule has 10 nitrogen and oxygen atoms in total. The largest absolute Gasteiger partial charge is 0.392 e. The number of pyridine rings is 2. The Balaban J connectivity index is 1.36. The van der Waals surface area contributed by atoms with Crippen molar-refractivity contribution in [3.05, 3.63) is 99.9 Å². The molecule has 0 radical (unpaired) electrons. The number of aryl methyl sites for hydroxylation is 1. The lowest BCUT2D eigenvalue weighted by molar-refractivity contribution is 0.0614. The number of likely N-dealkylation sites (tertiary alicyclic amines) is 1. The van der Waals surface area contributed by atoms with E-state index in [-0.39, 0.29) is 58.4 Å². The number of rotatable bonds is 6. The Morgan fingerprint density at radius 1 is 1.14 bits per heavy atom. The maximum Gasteiger partial charge on any atom is 0.272 e. The van der Waals surface area contributed by atoms with Crippen LogP contribution in [0.5, 0.6) is 0 Å². The number of benzene rings is 1. The lowest BCUT2D eigenvalue weighted by Crippen LogP contribution is -2.57. The van der Waals surface area contributed by atoms with Crippen LogP contribution in [0.25, 0.3) is 0 Å². The highest BCUT2D eigenvalue weighted by atomic mass is 35.5. The zero-order valence-electron chi connectivity index (χ0n) is 22.7. The first kappa shape index (κ1) is 27.7. The van der Waals surface area contributed by atoms with E-state index in [1.54, 1.807) is 41.6 Å². The molecule has 1 fully saturated rings. The second kappa shape index (κ2) is 10.4. The molecule has 0 spiro atoms. The van der Waals surface area contributed by atoms with E-state index in [9.17, 15) is 14.7 Å². The Bertz CT molecular complexity index is 1710. The van der Waals surface area contributed by atoms with Crippen LogP contribution in [0, 0.1) is 11.6 Å². The second-order valence-electron chi connectivity index (χ2n) is 10.7. The summed E-state index contributed by atoms with van der Waals surface area (Å²) in [7, 11) is 1.73. The van der Waals surface area contributed by atoms with Crippen LogP contribution < -0.4 is 10.2 Å². The van der Waals surface area contributed by atoms with Gasteiger partial charge in [-0.2, -0.15) is 0 Å². The minimum atomic E-state index is -1.39. The lowest BCUT2D eigenvalue weighted by atomic mass is 9.71. The number of nitrogens with one attached hydrogen (secondary N) is 1. The number of aromatic nitrogens is 4. The molecule has 5 heterocycles. The van der Waals surface area contributed by atoms with Gasteiger partial charge in [-0.1, -0.05) is 29.8 Å². The number of aliphatic hydroxyl groups excluding tert-OH is 1. The first-order valence-electron chi connectivity index (χ1n) is 13.2. The number of carbonyl (C=O) groups is 2. The number of hydrogen-bond acceptors (Lipinski definition) is 7. The van der Waals surface area contributed by atoms with E-state index in [0.29, 0.717) is 24.3 Å². The number of anilines is 2. The van der Waals surface area contributed by atoms with E-state index < -0.39 is 23.0 Å². The summed E-state index contributed by atoms with van der Waals surface area (Å²) in [5, 5.41) is 12.3. The molecule has 1 aromatic carbocycles. The van der Waals surface area contributed by atoms with Crippen molar-refractivity contribution in [3.63, 3.8) is 0 Å². The molecule has 4 aromatic rings. The van der Waals surface area contributed by atoms with Crippen LogP contribution in [0.3, 0.4) is 0 Å². The number of aliphatic hydroxyl groups is 1. The van der Waals surface area contributed by atoms with Crippen molar-refractivity contribution in [1.29, 1.82) is 0 Å². The summed E-state index contributed by atoms with van der Waals surface area (Å²) in [6.45, 7) is 1.90. The lowest BCUT2D eigenvalue weighted by Gasteiger charge is -2.43. The summed E-state index contributed by atoms with van der Waals surface area (Å²) in [6.07, 6.45) is 5.73. The fourth-order valence-corrected chi connectivity index (χ4v) is 5.74. The minimum absolute atomic E-state index is 0.0171. The van der Waals surface area contributed by atoms with E-state index in [2.05, 4.69) is 20.3 Å². The molecule has 1 saturated heterocycles. The highest BCUT2D eigenvalue weighted by Crippen LogP contribution is 2.44.